The van der Waals surface area contributed by atoms with Crippen molar-refractivity contribution in [3.8, 4) is 0 Å². The predicted molar refractivity (Wildman–Crippen MR) is 99.0 cm³/mol. The van der Waals surface area contributed by atoms with Crippen molar-refractivity contribution < 1.29 is 4.39 Å². The molecular weight excluding hydrogens is 383 g/mol. The summed E-state index contributed by atoms with van der Waals surface area (Å²) in [6, 6.07) is 12.7. The Morgan fingerprint density at radius 1 is 1.23 bits per heavy atom. The molecule has 2 nitrogen and oxygen atoms in total. The molecule has 0 radical (unpaired) electrons. The van der Waals surface area contributed by atoms with E-state index < -0.39 is 0 Å². The molecule has 0 spiro atoms. The van der Waals surface area contributed by atoms with Gasteiger partial charge in [-0.25, -0.2) is 4.39 Å². The fraction of sp³-hybridized carbons (Fsp3) is 0.0625. The van der Waals surface area contributed by atoms with Crippen molar-refractivity contribution in [2.24, 2.45) is 0 Å². The van der Waals surface area contributed by atoms with Gasteiger partial charge in [-0.2, -0.15) is 0 Å². The van der Waals surface area contributed by atoms with Gasteiger partial charge in [0.25, 0.3) is 0 Å². The molecule has 0 unspecified atom stereocenters. The van der Waals surface area contributed by atoms with Crippen molar-refractivity contribution in [3.63, 3.8) is 0 Å². The lowest BCUT2D eigenvalue weighted by Crippen LogP contribution is -2.27. The summed E-state index contributed by atoms with van der Waals surface area (Å²) in [6.07, 6.45) is 0. The first-order chi connectivity index (χ1) is 10.6. The molecule has 112 valence electrons. The lowest BCUT2D eigenvalue weighted by molar-refractivity contribution is 0.627. The number of thiocarbonyl (C=S) groups is 1. The molecule has 2 N–H and O–H groups in total. The van der Waals surface area contributed by atoms with Crippen LogP contribution in [0.2, 0.25) is 0 Å². The minimum atomic E-state index is -0.291. The number of halogens is 2. The largest absolute Gasteiger partial charge is 0.358 e. The summed E-state index contributed by atoms with van der Waals surface area (Å²) in [6.45, 7) is 0.647. The number of thiophene rings is 1. The molecule has 22 heavy (non-hydrogen) atoms. The lowest BCUT2D eigenvalue weighted by Gasteiger charge is -2.11. The van der Waals surface area contributed by atoms with Crippen molar-refractivity contribution >= 4 is 60.4 Å². The lowest BCUT2D eigenvalue weighted by atomic mass is 10.2. The minimum absolute atomic E-state index is 0.291. The van der Waals surface area contributed by atoms with E-state index >= 15 is 0 Å². The summed E-state index contributed by atoms with van der Waals surface area (Å²) in [5, 5.41) is 10.1. The highest BCUT2D eigenvalue weighted by atomic mass is 79.9. The van der Waals surface area contributed by atoms with Crippen LogP contribution < -0.4 is 10.6 Å². The number of hydrogen-bond donors (Lipinski definition) is 2. The summed E-state index contributed by atoms with van der Waals surface area (Å²) in [5.41, 5.74) is 1.94. The molecule has 2 aromatic carbocycles. The fourth-order valence-corrected chi connectivity index (χ4v) is 3.70. The summed E-state index contributed by atoms with van der Waals surface area (Å²) in [7, 11) is 0. The third-order valence-corrected chi connectivity index (χ3v) is 5.09. The number of benzene rings is 2. The maximum absolute atomic E-state index is 13.1. The van der Waals surface area contributed by atoms with Gasteiger partial charge in [0.2, 0.25) is 0 Å². The Bertz CT molecular complexity index is 832. The zero-order chi connectivity index (χ0) is 15.5. The summed E-state index contributed by atoms with van der Waals surface area (Å²) < 4.78 is 15.0. The van der Waals surface area contributed by atoms with Crippen LogP contribution in [0.15, 0.2) is 52.3 Å². The Balaban J connectivity index is 1.65. The van der Waals surface area contributed by atoms with Gasteiger partial charge in [-0.3, -0.25) is 0 Å². The van der Waals surface area contributed by atoms with Gasteiger partial charge in [0.15, 0.2) is 5.11 Å². The Labute approximate surface area is 145 Å². The summed E-state index contributed by atoms with van der Waals surface area (Å²) >= 11 is 10.3. The molecule has 1 aromatic heterocycles. The maximum Gasteiger partial charge on any atom is 0.171 e. The summed E-state index contributed by atoms with van der Waals surface area (Å²) in [5.74, 6) is -0.291. The Kier molecular flexibility index (Phi) is 4.71. The van der Waals surface area contributed by atoms with Crippen LogP contribution in [0.4, 0.5) is 10.1 Å². The molecule has 3 aromatic rings. The zero-order valence-corrected chi connectivity index (χ0v) is 14.6. The van der Waals surface area contributed by atoms with Crippen molar-refractivity contribution in [1.29, 1.82) is 0 Å². The van der Waals surface area contributed by atoms with E-state index in [4.69, 9.17) is 12.2 Å². The van der Waals surface area contributed by atoms with Crippen molar-refractivity contribution in [2.75, 3.05) is 5.32 Å². The highest BCUT2D eigenvalue weighted by molar-refractivity contribution is 9.10. The molecule has 0 aliphatic heterocycles. The Hall–Kier alpha value is -1.50. The molecule has 0 bridgehead atoms. The third-order valence-electron chi connectivity index (χ3n) is 3.18. The fourth-order valence-electron chi connectivity index (χ4n) is 2.10. The normalized spacial score (nSPS) is 10.6. The molecule has 0 aliphatic carbocycles. The van der Waals surface area contributed by atoms with E-state index in [1.54, 1.807) is 17.4 Å². The van der Waals surface area contributed by atoms with E-state index in [-0.39, 0.29) is 5.82 Å². The highest BCUT2D eigenvalue weighted by Gasteiger charge is 2.06. The second-order valence-corrected chi connectivity index (χ2v) is 6.86. The number of nitrogens with one attached hydrogen (secondary N) is 2. The van der Waals surface area contributed by atoms with Crippen LogP contribution in [0.5, 0.6) is 0 Å². The molecule has 0 saturated carbocycles. The predicted octanol–water partition coefficient (Wildman–Crippen LogP) is 5.29. The highest BCUT2D eigenvalue weighted by Crippen LogP contribution is 2.26. The van der Waals surface area contributed by atoms with Gasteiger partial charge in [-0.1, -0.05) is 18.2 Å². The van der Waals surface area contributed by atoms with Gasteiger partial charge < -0.3 is 10.6 Å². The van der Waals surface area contributed by atoms with Gasteiger partial charge in [0.05, 0.1) is 5.69 Å². The minimum Gasteiger partial charge on any atom is -0.358 e. The maximum atomic E-state index is 13.1. The van der Waals surface area contributed by atoms with E-state index in [1.165, 1.54) is 27.8 Å². The van der Waals surface area contributed by atoms with E-state index in [1.807, 2.05) is 12.1 Å². The standard InChI is InChI=1S/C16H12BrFN2S2/c17-13-7-11(18)5-6-14(13)20-16(21)19-8-10-9-22-15-4-2-1-3-12(10)15/h1-7,9H,8H2,(H2,19,20,21). The average molecular weight is 395 g/mol. The molecule has 0 atom stereocenters. The van der Waals surface area contributed by atoms with Gasteiger partial charge in [-0.05, 0) is 68.7 Å². The van der Waals surface area contributed by atoms with Gasteiger partial charge >= 0.3 is 0 Å². The monoisotopic (exact) mass is 394 g/mol. The van der Waals surface area contributed by atoms with E-state index in [0.29, 0.717) is 16.1 Å². The SMILES string of the molecule is Fc1ccc(NC(=S)NCc2csc3ccccc23)c(Br)c1. The number of rotatable bonds is 3. The molecule has 0 aliphatic rings. The second-order valence-electron chi connectivity index (χ2n) is 4.69. The first-order valence-electron chi connectivity index (χ1n) is 6.58. The van der Waals surface area contributed by atoms with Crippen molar-refractivity contribution in [3.05, 3.63) is 63.7 Å². The molecule has 0 amide bonds. The van der Waals surface area contributed by atoms with Gasteiger partial charge in [0, 0.05) is 15.7 Å². The van der Waals surface area contributed by atoms with Gasteiger partial charge in [0.1, 0.15) is 5.82 Å². The van der Waals surface area contributed by atoms with E-state index in [9.17, 15) is 4.39 Å². The Morgan fingerprint density at radius 3 is 2.86 bits per heavy atom. The molecule has 0 fully saturated rings. The molecular formula is C16H12BrFN2S2. The quantitative estimate of drug-likeness (QED) is 0.590. The zero-order valence-electron chi connectivity index (χ0n) is 11.4. The van der Waals surface area contributed by atoms with E-state index in [2.05, 4.69) is 44.1 Å². The van der Waals surface area contributed by atoms with Crippen LogP contribution in [0.1, 0.15) is 5.56 Å². The molecule has 1 heterocycles. The van der Waals surface area contributed by atoms with Crippen LogP contribution in [0, 0.1) is 5.82 Å². The first kappa shape index (κ1) is 15.4. The number of hydrogen-bond acceptors (Lipinski definition) is 2. The number of fused-ring (bicyclic) bond motifs is 1. The van der Waals surface area contributed by atoms with Crippen molar-refractivity contribution in [1.82, 2.24) is 5.32 Å². The van der Waals surface area contributed by atoms with Crippen molar-refractivity contribution in [2.45, 2.75) is 6.54 Å². The Morgan fingerprint density at radius 2 is 2.05 bits per heavy atom. The number of anilines is 1. The second kappa shape index (κ2) is 6.73. The van der Waals surface area contributed by atoms with Crippen LogP contribution in [-0.2, 0) is 6.54 Å². The molecule has 6 heteroatoms. The van der Waals surface area contributed by atoms with E-state index in [0.717, 1.165) is 5.69 Å². The summed E-state index contributed by atoms with van der Waals surface area (Å²) in [4.78, 5) is 0. The average Bonchev–Trinajstić information content (AvgIpc) is 2.91. The van der Waals surface area contributed by atoms with Gasteiger partial charge in [-0.15, -0.1) is 11.3 Å². The third kappa shape index (κ3) is 3.45. The topological polar surface area (TPSA) is 24.1 Å². The smallest absolute Gasteiger partial charge is 0.171 e. The molecule has 3 rings (SSSR count). The molecule has 0 saturated heterocycles. The van der Waals surface area contributed by atoms with Crippen LogP contribution >= 0.6 is 39.5 Å². The van der Waals surface area contributed by atoms with Crippen LogP contribution in [-0.4, -0.2) is 5.11 Å². The first-order valence-corrected chi connectivity index (χ1v) is 8.66. The van der Waals surface area contributed by atoms with Crippen LogP contribution in [0.25, 0.3) is 10.1 Å². The van der Waals surface area contributed by atoms with Crippen LogP contribution in [0.3, 0.4) is 0 Å².